The summed E-state index contributed by atoms with van der Waals surface area (Å²) in [6, 6.07) is 0. The third kappa shape index (κ3) is 3.33. The van der Waals surface area contributed by atoms with Crippen LogP contribution >= 0.6 is 11.6 Å². The van der Waals surface area contributed by atoms with Gasteiger partial charge in [-0.15, -0.1) is 11.6 Å². The van der Waals surface area contributed by atoms with Crippen LogP contribution < -0.4 is 5.32 Å². The van der Waals surface area contributed by atoms with E-state index in [1.54, 1.807) is 0 Å². The Morgan fingerprint density at radius 1 is 1.19 bits per heavy atom. The van der Waals surface area contributed by atoms with Crippen molar-refractivity contribution in [3.05, 3.63) is 0 Å². The van der Waals surface area contributed by atoms with Crippen molar-refractivity contribution in [3.8, 4) is 0 Å². The molecule has 0 atom stereocenters. The molecule has 1 aliphatic heterocycles. The van der Waals surface area contributed by atoms with Gasteiger partial charge in [-0.25, -0.2) is 0 Å². The van der Waals surface area contributed by atoms with Gasteiger partial charge in [0.05, 0.1) is 13.2 Å². The van der Waals surface area contributed by atoms with Gasteiger partial charge in [0.1, 0.15) is 0 Å². The molecule has 0 spiro atoms. The smallest absolute Gasteiger partial charge is 0.0594 e. The Labute approximate surface area is 103 Å². The van der Waals surface area contributed by atoms with Gasteiger partial charge in [0, 0.05) is 37.6 Å². The summed E-state index contributed by atoms with van der Waals surface area (Å²) in [7, 11) is 0. The molecular weight excluding hydrogens is 224 g/mol. The summed E-state index contributed by atoms with van der Waals surface area (Å²) in [5.74, 6) is 0.760. The maximum atomic E-state index is 6.09. The van der Waals surface area contributed by atoms with Crippen LogP contribution in [0.5, 0.6) is 0 Å². The Hall–Kier alpha value is 0.170. The van der Waals surface area contributed by atoms with Gasteiger partial charge in [0.15, 0.2) is 0 Å². The first-order valence-electron chi connectivity index (χ1n) is 6.46. The van der Waals surface area contributed by atoms with Crippen LogP contribution in [0.1, 0.15) is 25.7 Å². The molecule has 16 heavy (non-hydrogen) atoms. The van der Waals surface area contributed by atoms with Crippen molar-refractivity contribution in [2.24, 2.45) is 0 Å². The number of ether oxygens (including phenoxy) is 1. The molecule has 1 N–H and O–H groups in total. The average molecular weight is 247 g/mol. The summed E-state index contributed by atoms with van der Waals surface area (Å²) < 4.78 is 5.34. The minimum Gasteiger partial charge on any atom is -0.379 e. The van der Waals surface area contributed by atoms with Gasteiger partial charge in [0.2, 0.25) is 0 Å². The average Bonchev–Trinajstić information content (AvgIpc) is 2.80. The van der Waals surface area contributed by atoms with Crippen molar-refractivity contribution in [2.45, 2.75) is 31.2 Å². The van der Waals surface area contributed by atoms with E-state index in [9.17, 15) is 0 Å². The molecule has 0 aromatic carbocycles. The summed E-state index contributed by atoms with van der Waals surface area (Å²) in [6.45, 7) is 6.13. The van der Waals surface area contributed by atoms with Crippen LogP contribution in [-0.4, -0.2) is 55.7 Å². The van der Waals surface area contributed by atoms with Crippen molar-refractivity contribution in [2.75, 3.05) is 45.3 Å². The van der Waals surface area contributed by atoms with Gasteiger partial charge in [-0.3, -0.25) is 4.90 Å². The van der Waals surface area contributed by atoms with E-state index in [2.05, 4.69) is 10.2 Å². The minimum atomic E-state index is 0.244. The van der Waals surface area contributed by atoms with Crippen LogP contribution in [-0.2, 0) is 4.74 Å². The lowest BCUT2D eigenvalue weighted by Crippen LogP contribution is -2.48. The highest BCUT2D eigenvalue weighted by Gasteiger charge is 2.32. The van der Waals surface area contributed by atoms with Gasteiger partial charge >= 0.3 is 0 Å². The van der Waals surface area contributed by atoms with Crippen LogP contribution in [0.4, 0.5) is 0 Å². The van der Waals surface area contributed by atoms with Crippen molar-refractivity contribution in [1.82, 2.24) is 10.2 Å². The third-order valence-corrected chi connectivity index (χ3v) is 4.36. The van der Waals surface area contributed by atoms with E-state index in [4.69, 9.17) is 16.3 Å². The molecule has 3 nitrogen and oxygen atoms in total. The SMILES string of the molecule is ClCC1(NCCN2CCOCC2)CCCC1. The van der Waals surface area contributed by atoms with E-state index in [0.717, 1.165) is 45.3 Å². The fourth-order valence-corrected chi connectivity index (χ4v) is 3.08. The zero-order valence-corrected chi connectivity index (χ0v) is 10.8. The number of nitrogens with zero attached hydrogens (tertiary/aromatic N) is 1. The van der Waals surface area contributed by atoms with Crippen molar-refractivity contribution in [1.29, 1.82) is 0 Å². The number of hydrogen-bond donors (Lipinski definition) is 1. The topological polar surface area (TPSA) is 24.5 Å². The van der Waals surface area contributed by atoms with Crippen LogP contribution in [0.2, 0.25) is 0 Å². The monoisotopic (exact) mass is 246 g/mol. The largest absolute Gasteiger partial charge is 0.379 e. The van der Waals surface area contributed by atoms with Gasteiger partial charge in [-0.1, -0.05) is 12.8 Å². The molecule has 4 heteroatoms. The highest BCUT2D eigenvalue weighted by Crippen LogP contribution is 2.30. The van der Waals surface area contributed by atoms with Gasteiger partial charge in [0.25, 0.3) is 0 Å². The first kappa shape index (κ1) is 12.6. The maximum absolute atomic E-state index is 6.09. The molecule has 0 aromatic heterocycles. The van der Waals surface area contributed by atoms with E-state index in [1.807, 2.05) is 0 Å². The van der Waals surface area contributed by atoms with E-state index >= 15 is 0 Å². The molecule has 2 aliphatic rings. The molecule has 1 saturated heterocycles. The first-order chi connectivity index (χ1) is 7.85. The van der Waals surface area contributed by atoms with Gasteiger partial charge in [-0.2, -0.15) is 0 Å². The summed E-state index contributed by atoms with van der Waals surface area (Å²) in [5, 5.41) is 3.68. The highest BCUT2D eigenvalue weighted by atomic mass is 35.5. The Balaban J connectivity index is 1.66. The predicted molar refractivity (Wildman–Crippen MR) is 67.2 cm³/mol. The van der Waals surface area contributed by atoms with Gasteiger partial charge in [-0.05, 0) is 12.8 Å². The number of alkyl halides is 1. The Kier molecular flexibility index (Phi) is 4.89. The predicted octanol–water partition coefficient (Wildman–Crippen LogP) is 1.46. The summed E-state index contributed by atoms with van der Waals surface area (Å²) >= 11 is 6.09. The number of halogens is 1. The van der Waals surface area contributed by atoms with Crippen LogP contribution in [0.25, 0.3) is 0 Å². The third-order valence-electron chi connectivity index (χ3n) is 3.85. The Morgan fingerprint density at radius 3 is 2.50 bits per heavy atom. The molecule has 2 rings (SSSR count). The van der Waals surface area contributed by atoms with Crippen molar-refractivity contribution >= 4 is 11.6 Å². The number of morpholine rings is 1. The molecule has 1 aliphatic carbocycles. The van der Waals surface area contributed by atoms with E-state index in [0.29, 0.717) is 0 Å². The molecule has 0 unspecified atom stereocenters. The quantitative estimate of drug-likeness (QED) is 0.744. The number of rotatable bonds is 5. The number of hydrogen-bond acceptors (Lipinski definition) is 3. The minimum absolute atomic E-state index is 0.244. The molecule has 0 aromatic rings. The van der Waals surface area contributed by atoms with Gasteiger partial charge < -0.3 is 10.1 Å². The molecule has 1 heterocycles. The molecule has 2 fully saturated rings. The summed E-state index contributed by atoms with van der Waals surface area (Å²) in [4.78, 5) is 2.47. The van der Waals surface area contributed by atoms with E-state index in [1.165, 1.54) is 25.7 Å². The van der Waals surface area contributed by atoms with Crippen LogP contribution in [0, 0.1) is 0 Å². The molecule has 0 amide bonds. The lowest BCUT2D eigenvalue weighted by molar-refractivity contribution is 0.0376. The zero-order chi connectivity index (χ0) is 11.3. The fraction of sp³-hybridized carbons (Fsp3) is 1.00. The summed E-state index contributed by atoms with van der Waals surface area (Å²) in [5.41, 5.74) is 0.244. The molecule has 0 bridgehead atoms. The standard InChI is InChI=1S/C12H23ClN2O/c13-11-12(3-1-2-4-12)14-5-6-15-7-9-16-10-8-15/h14H,1-11H2. The van der Waals surface area contributed by atoms with E-state index < -0.39 is 0 Å². The second-order valence-electron chi connectivity index (χ2n) is 5.00. The fourth-order valence-electron chi connectivity index (χ4n) is 2.71. The summed E-state index contributed by atoms with van der Waals surface area (Å²) in [6.07, 6.45) is 5.16. The Bertz CT molecular complexity index is 201. The second-order valence-corrected chi connectivity index (χ2v) is 5.27. The Morgan fingerprint density at radius 2 is 1.88 bits per heavy atom. The second kappa shape index (κ2) is 6.20. The zero-order valence-electron chi connectivity index (χ0n) is 10.0. The normalized spacial score (nSPS) is 26.1. The molecule has 1 saturated carbocycles. The first-order valence-corrected chi connectivity index (χ1v) is 6.99. The maximum Gasteiger partial charge on any atom is 0.0594 e. The molecule has 94 valence electrons. The lowest BCUT2D eigenvalue weighted by atomic mass is 10.0. The molecular formula is C12H23ClN2O. The van der Waals surface area contributed by atoms with Crippen LogP contribution in [0.3, 0.4) is 0 Å². The van der Waals surface area contributed by atoms with Crippen LogP contribution in [0.15, 0.2) is 0 Å². The number of nitrogens with one attached hydrogen (secondary N) is 1. The van der Waals surface area contributed by atoms with Crippen molar-refractivity contribution in [3.63, 3.8) is 0 Å². The molecule has 0 radical (unpaired) electrons. The van der Waals surface area contributed by atoms with E-state index in [-0.39, 0.29) is 5.54 Å². The highest BCUT2D eigenvalue weighted by molar-refractivity contribution is 6.18. The lowest BCUT2D eigenvalue weighted by Gasteiger charge is -2.31. The van der Waals surface area contributed by atoms with Crippen molar-refractivity contribution < 1.29 is 4.74 Å².